The van der Waals surface area contributed by atoms with Gasteiger partial charge in [0, 0.05) is 37.4 Å². The highest BCUT2D eigenvalue weighted by Crippen LogP contribution is 2.31. The second-order valence-electron chi connectivity index (χ2n) is 7.14. The van der Waals surface area contributed by atoms with Gasteiger partial charge < -0.3 is 13.6 Å². The summed E-state index contributed by atoms with van der Waals surface area (Å²) in [6.07, 6.45) is 0. The molecule has 0 spiro atoms. The molecule has 8 heteroatoms. The lowest BCUT2D eigenvalue weighted by atomic mass is 10.0. The van der Waals surface area contributed by atoms with Gasteiger partial charge in [-0.3, -0.25) is 0 Å². The van der Waals surface area contributed by atoms with E-state index in [1.807, 2.05) is 6.07 Å². The Balaban J connectivity index is 1.61. The van der Waals surface area contributed by atoms with E-state index in [0.29, 0.717) is 32.0 Å². The maximum absolute atomic E-state index is 12.7. The minimum atomic E-state index is -0.652. The van der Waals surface area contributed by atoms with Gasteiger partial charge in [0.05, 0.1) is 11.1 Å². The van der Waals surface area contributed by atoms with E-state index in [-0.39, 0.29) is 16.9 Å². The number of carbonyl (C=O) groups is 1. The van der Waals surface area contributed by atoms with Crippen LogP contribution in [0.15, 0.2) is 100 Å². The number of rotatable bonds is 3. The second-order valence-corrected chi connectivity index (χ2v) is 8.91. The maximum Gasteiger partial charge on any atom is 0.344 e. The highest BCUT2D eigenvalue weighted by atomic mass is 79.9. The fourth-order valence-electron chi connectivity index (χ4n) is 3.50. The Bertz CT molecular complexity index is 1680. The van der Waals surface area contributed by atoms with Gasteiger partial charge >= 0.3 is 17.2 Å². The molecule has 2 heterocycles. The first-order valence-electron chi connectivity index (χ1n) is 9.67. The first-order chi connectivity index (χ1) is 15.9. The van der Waals surface area contributed by atoms with E-state index in [9.17, 15) is 14.4 Å². The SMILES string of the molecule is O=C(Oc1ccc2c(-c3cc4cc(Br)ccc4oc3=O)cc(=O)oc2c1)c1ccccc1Br. The first-order valence-corrected chi connectivity index (χ1v) is 11.3. The molecule has 0 saturated carbocycles. The summed E-state index contributed by atoms with van der Waals surface area (Å²) in [4.78, 5) is 37.5. The number of halogens is 2. The van der Waals surface area contributed by atoms with Crippen molar-refractivity contribution in [2.45, 2.75) is 0 Å². The Labute approximate surface area is 202 Å². The molecule has 0 aliphatic rings. The lowest BCUT2D eigenvalue weighted by molar-refractivity contribution is 0.0734. The standard InChI is InChI=1S/C25H12Br2O6/c26-14-5-8-21-13(9-14)10-19(25(30)33-21)18-12-23(28)32-22-11-15(6-7-16(18)22)31-24(29)17-3-1-2-4-20(17)27/h1-12H. The summed E-state index contributed by atoms with van der Waals surface area (Å²) < 4.78 is 17.6. The van der Waals surface area contributed by atoms with Crippen molar-refractivity contribution in [3.63, 3.8) is 0 Å². The smallest absolute Gasteiger partial charge is 0.344 e. The lowest BCUT2D eigenvalue weighted by Gasteiger charge is -2.09. The summed E-state index contributed by atoms with van der Waals surface area (Å²) in [6, 6.07) is 19.7. The van der Waals surface area contributed by atoms with Gasteiger partial charge in [0.15, 0.2) is 0 Å². The van der Waals surface area contributed by atoms with Gasteiger partial charge in [-0.1, -0.05) is 28.1 Å². The molecular formula is C25H12Br2O6. The van der Waals surface area contributed by atoms with Gasteiger partial charge in [0.2, 0.25) is 0 Å². The molecule has 0 aliphatic carbocycles. The van der Waals surface area contributed by atoms with Crippen LogP contribution in [0.2, 0.25) is 0 Å². The van der Waals surface area contributed by atoms with E-state index in [1.54, 1.807) is 54.6 Å². The Morgan fingerprint density at radius 2 is 1.61 bits per heavy atom. The van der Waals surface area contributed by atoms with Crippen LogP contribution in [0.4, 0.5) is 0 Å². The van der Waals surface area contributed by atoms with E-state index in [0.717, 1.165) is 4.47 Å². The molecule has 0 N–H and O–H groups in total. The van der Waals surface area contributed by atoms with Crippen molar-refractivity contribution < 1.29 is 18.4 Å². The fraction of sp³-hybridized carbons (Fsp3) is 0. The van der Waals surface area contributed by atoms with Crippen molar-refractivity contribution in [1.29, 1.82) is 0 Å². The van der Waals surface area contributed by atoms with Crippen molar-refractivity contribution >= 4 is 59.8 Å². The summed E-state index contributed by atoms with van der Waals surface area (Å²) in [7, 11) is 0. The van der Waals surface area contributed by atoms with Crippen molar-refractivity contribution in [3.8, 4) is 16.9 Å². The number of hydrogen-bond acceptors (Lipinski definition) is 6. The quantitative estimate of drug-likeness (QED) is 0.144. The molecule has 0 fully saturated rings. The minimum absolute atomic E-state index is 0.170. The van der Waals surface area contributed by atoms with Crippen molar-refractivity contribution in [2.75, 3.05) is 0 Å². The third-order valence-corrected chi connectivity index (χ3v) is 6.19. The second kappa shape index (κ2) is 8.46. The number of carbonyl (C=O) groups excluding carboxylic acids is 1. The third-order valence-electron chi connectivity index (χ3n) is 5.00. The molecule has 0 bridgehead atoms. The highest BCUT2D eigenvalue weighted by Gasteiger charge is 2.16. The minimum Gasteiger partial charge on any atom is -0.423 e. The lowest BCUT2D eigenvalue weighted by Crippen LogP contribution is -2.09. The summed E-state index contributed by atoms with van der Waals surface area (Å²) in [5.41, 5.74) is 0.301. The molecule has 5 rings (SSSR count). The van der Waals surface area contributed by atoms with Gasteiger partial charge in [-0.25, -0.2) is 14.4 Å². The zero-order chi connectivity index (χ0) is 23.1. The number of fused-ring (bicyclic) bond motifs is 2. The maximum atomic E-state index is 12.7. The molecule has 33 heavy (non-hydrogen) atoms. The monoisotopic (exact) mass is 566 g/mol. The van der Waals surface area contributed by atoms with E-state index in [4.69, 9.17) is 13.6 Å². The van der Waals surface area contributed by atoms with Crippen molar-refractivity contribution in [1.82, 2.24) is 0 Å². The fourth-order valence-corrected chi connectivity index (χ4v) is 4.33. The predicted molar refractivity (Wildman–Crippen MR) is 131 cm³/mol. The van der Waals surface area contributed by atoms with Crippen LogP contribution in [-0.4, -0.2) is 5.97 Å². The van der Waals surface area contributed by atoms with Gasteiger partial charge in [-0.05, 0) is 64.5 Å². The van der Waals surface area contributed by atoms with E-state index in [1.165, 1.54) is 12.1 Å². The highest BCUT2D eigenvalue weighted by molar-refractivity contribution is 9.10. The molecular weight excluding hydrogens is 556 g/mol. The Kier molecular flexibility index (Phi) is 5.47. The van der Waals surface area contributed by atoms with E-state index >= 15 is 0 Å². The molecule has 0 radical (unpaired) electrons. The van der Waals surface area contributed by atoms with Crippen LogP contribution in [0, 0.1) is 0 Å². The molecule has 3 aromatic carbocycles. The van der Waals surface area contributed by atoms with Crippen LogP contribution in [0.3, 0.4) is 0 Å². The Hall–Kier alpha value is -3.49. The molecule has 0 unspecified atom stereocenters. The Morgan fingerprint density at radius 3 is 2.42 bits per heavy atom. The first kappa shape index (κ1) is 21.4. The van der Waals surface area contributed by atoms with Gasteiger partial charge in [0.1, 0.15) is 16.9 Å². The zero-order valence-electron chi connectivity index (χ0n) is 16.6. The van der Waals surface area contributed by atoms with E-state index < -0.39 is 17.2 Å². The van der Waals surface area contributed by atoms with Gasteiger partial charge in [-0.2, -0.15) is 0 Å². The van der Waals surface area contributed by atoms with Crippen LogP contribution in [0.25, 0.3) is 33.1 Å². The molecule has 0 amide bonds. The van der Waals surface area contributed by atoms with Crippen LogP contribution in [-0.2, 0) is 0 Å². The molecule has 0 atom stereocenters. The summed E-state index contributed by atoms with van der Waals surface area (Å²) in [6.45, 7) is 0. The number of benzene rings is 3. The Morgan fingerprint density at radius 1 is 0.788 bits per heavy atom. The molecule has 6 nitrogen and oxygen atoms in total. The van der Waals surface area contributed by atoms with Crippen LogP contribution in [0.5, 0.6) is 5.75 Å². The molecule has 5 aromatic rings. The largest absolute Gasteiger partial charge is 0.423 e. The molecule has 0 aliphatic heterocycles. The zero-order valence-corrected chi connectivity index (χ0v) is 19.8. The third kappa shape index (κ3) is 4.15. The van der Waals surface area contributed by atoms with Crippen molar-refractivity contribution in [2.24, 2.45) is 0 Å². The predicted octanol–water partition coefficient (Wildman–Crippen LogP) is 6.31. The molecule has 2 aromatic heterocycles. The molecule has 162 valence electrons. The van der Waals surface area contributed by atoms with Crippen LogP contribution in [0.1, 0.15) is 10.4 Å². The van der Waals surface area contributed by atoms with Crippen LogP contribution >= 0.6 is 31.9 Å². The summed E-state index contributed by atoms with van der Waals surface area (Å²) in [5.74, 6) is -0.376. The van der Waals surface area contributed by atoms with Crippen LogP contribution < -0.4 is 16.0 Å². The topological polar surface area (TPSA) is 86.7 Å². The van der Waals surface area contributed by atoms with E-state index in [2.05, 4.69) is 31.9 Å². The number of ether oxygens (including phenoxy) is 1. The number of esters is 1. The summed E-state index contributed by atoms with van der Waals surface area (Å²) >= 11 is 6.72. The number of hydrogen-bond donors (Lipinski definition) is 0. The average Bonchev–Trinajstić information content (AvgIpc) is 2.78. The van der Waals surface area contributed by atoms with Gasteiger partial charge in [0.25, 0.3) is 0 Å². The normalized spacial score (nSPS) is 11.1. The average molecular weight is 568 g/mol. The van der Waals surface area contributed by atoms with Gasteiger partial charge in [-0.15, -0.1) is 0 Å². The summed E-state index contributed by atoms with van der Waals surface area (Å²) in [5, 5.41) is 1.19. The molecule has 0 saturated heterocycles. The van der Waals surface area contributed by atoms with Crippen molar-refractivity contribution in [3.05, 3.63) is 108 Å².